The molecule has 178 valence electrons. The van der Waals surface area contributed by atoms with Crippen LogP contribution in [0.3, 0.4) is 0 Å². The predicted octanol–water partition coefficient (Wildman–Crippen LogP) is 4.16. The zero-order chi connectivity index (χ0) is 24.2. The number of nitrogens with one attached hydrogen (secondary N) is 2. The highest BCUT2D eigenvalue weighted by Crippen LogP contribution is 2.36. The van der Waals surface area contributed by atoms with Crippen LogP contribution in [0.25, 0.3) is 10.4 Å². The number of rotatable bonds is 12. The molecule has 0 saturated heterocycles. The molecule has 9 heteroatoms. The number of ether oxygens (including phenoxy) is 2. The van der Waals surface area contributed by atoms with Crippen molar-refractivity contribution in [1.82, 2.24) is 5.32 Å². The maximum absolute atomic E-state index is 12.6. The molecule has 1 unspecified atom stereocenters. The zero-order valence-corrected chi connectivity index (χ0v) is 20.0. The van der Waals surface area contributed by atoms with Gasteiger partial charge in [-0.15, -0.1) is 11.3 Å². The molecule has 0 bridgehead atoms. The molecule has 1 heterocycles. The summed E-state index contributed by atoms with van der Waals surface area (Å²) in [6.45, 7) is 5.43. The Morgan fingerprint density at radius 3 is 2.45 bits per heavy atom. The molecule has 0 aliphatic heterocycles. The predicted molar refractivity (Wildman–Crippen MR) is 127 cm³/mol. The summed E-state index contributed by atoms with van der Waals surface area (Å²) in [4.78, 5) is 48.7. The summed E-state index contributed by atoms with van der Waals surface area (Å²) < 4.78 is 10.4. The second kappa shape index (κ2) is 13.4. The first-order valence-electron chi connectivity index (χ1n) is 10.9. The van der Waals surface area contributed by atoms with E-state index in [0.717, 1.165) is 23.3 Å². The smallest absolute Gasteiger partial charge is 0.341 e. The molecule has 0 aliphatic rings. The van der Waals surface area contributed by atoms with Gasteiger partial charge in [-0.25, -0.2) is 4.79 Å². The lowest BCUT2D eigenvalue weighted by atomic mass is 10.1. The molecule has 2 rings (SSSR count). The summed E-state index contributed by atoms with van der Waals surface area (Å²) in [6, 6.07) is 11.2. The molecule has 0 radical (unpaired) electrons. The molecule has 0 fully saturated rings. The van der Waals surface area contributed by atoms with Gasteiger partial charge in [-0.1, -0.05) is 36.8 Å². The fraction of sp³-hybridized carbons (Fsp3) is 0.417. The van der Waals surface area contributed by atoms with Crippen LogP contribution in [0.1, 0.15) is 56.8 Å². The topological polar surface area (TPSA) is 111 Å². The van der Waals surface area contributed by atoms with Gasteiger partial charge in [0, 0.05) is 24.8 Å². The second-order valence-electron chi connectivity index (χ2n) is 7.35. The maximum atomic E-state index is 12.6. The summed E-state index contributed by atoms with van der Waals surface area (Å²) in [7, 11) is 0. The van der Waals surface area contributed by atoms with Gasteiger partial charge in [-0.2, -0.15) is 0 Å². The van der Waals surface area contributed by atoms with E-state index in [-0.39, 0.29) is 24.5 Å². The number of hydrogen-bond donors (Lipinski definition) is 2. The first kappa shape index (κ1) is 26.1. The first-order valence-corrected chi connectivity index (χ1v) is 11.7. The minimum atomic E-state index is -1.02. The highest BCUT2D eigenvalue weighted by Gasteiger charge is 2.23. The lowest BCUT2D eigenvalue weighted by Crippen LogP contribution is -2.30. The molecule has 2 aromatic rings. The van der Waals surface area contributed by atoms with E-state index in [4.69, 9.17) is 9.47 Å². The Kier molecular flexibility index (Phi) is 10.6. The number of hydrogen-bond acceptors (Lipinski definition) is 7. The zero-order valence-electron chi connectivity index (χ0n) is 19.1. The molecular weight excluding hydrogens is 444 g/mol. The van der Waals surface area contributed by atoms with Crippen LogP contribution in [0, 0.1) is 0 Å². The molecule has 0 spiro atoms. The number of benzene rings is 1. The molecule has 1 atom stereocenters. The van der Waals surface area contributed by atoms with E-state index < -0.39 is 23.9 Å². The van der Waals surface area contributed by atoms with E-state index in [1.54, 1.807) is 13.0 Å². The third-order valence-corrected chi connectivity index (χ3v) is 5.73. The Morgan fingerprint density at radius 2 is 1.79 bits per heavy atom. The fourth-order valence-electron chi connectivity index (χ4n) is 2.95. The van der Waals surface area contributed by atoms with Gasteiger partial charge in [0.1, 0.15) is 5.00 Å². The molecule has 1 aromatic carbocycles. The molecule has 0 saturated carbocycles. The van der Waals surface area contributed by atoms with Crippen molar-refractivity contribution in [3.05, 3.63) is 42.0 Å². The van der Waals surface area contributed by atoms with Gasteiger partial charge >= 0.3 is 11.9 Å². The van der Waals surface area contributed by atoms with Crippen molar-refractivity contribution in [2.45, 2.75) is 52.6 Å². The third kappa shape index (κ3) is 8.69. The summed E-state index contributed by atoms with van der Waals surface area (Å²) >= 11 is 1.25. The Hall–Kier alpha value is -3.20. The van der Waals surface area contributed by atoms with Crippen LogP contribution in [-0.4, -0.2) is 43.0 Å². The average molecular weight is 475 g/mol. The van der Waals surface area contributed by atoms with Crippen LogP contribution in [0.5, 0.6) is 0 Å². The first-order chi connectivity index (χ1) is 15.8. The number of thiophene rings is 1. The lowest BCUT2D eigenvalue weighted by molar-refractivity contribution is -0.153. The van der Waals surface area contributed by atoms with Gasteiger partial charge in [-0.3, -0.25) is 14.4 Å². The molecule has 0 aliphatic carbocycles. The van der Waals surface area contributed by atoms with Crippen molar-refractivity contribution in [2.24, 2.45) is 0 Å². The Balaban J connectivity index is 1.94. The Morgan fingerprint density at radius 1 is 1.06 bits per heavy atom. The lowest BCUT2D eigenvalue weighted by Gasteiger charge is -2.13. The van der Waals surface area contributed by atoms with Crippen LogP contribution >= 0.6 is 11.3 Å². The van der Waals surface area contributed by atoms with Gasteiger partial charge in [0.25, 0.3) is 5.91 Å². The number of carbonyl (C=O) groups is 4. The molecule has 2 amide bonds. The molecule has 1 aromatic heterocycles. The van der Waals surface area contributed by atoms with Gasteiger partial charge in [0.2, 0.25) is 5.91 Å². The van der Waals surface area contributed by atoms with E-state index in [0.29, 0.717) is 18.0 Å². The van der Waals surface area contributed by atoms with Gasteiger partial charge in [0.05, 0.1) is 12.2 Å². The van der Waals surface area contributed by atoms with E-state index in [9.17, 15) is 19.2 Å². The van der Waals surface area contributed by atoms with Crippen molar-refractivity contribution in [3.63, 3.8) is 0 Å². The molecule has 8 nitrogen and oxygen atoms in total. The standard InChI is InChI=1S/C24H30N2O6S/c1-4-31-24(30)19-15-20(18-11-7-5-8-12-18)33-23(19)26-22(29)16(2)32-21(28)13-9-6-10-14-25-17(3)27/h5,7-8,11-12,15-16H,4,6,9-10,13-14H2,1-3H3,(H,25,27)(H,26,29). The highest BCUT2D eigenvalue weighted by atomic mass is 32.1. The van der Waals surface area contributed by atoms with E-state index in [1.165, 1.54) is 25.2 Å². The second-order valence-corrected chi connectivity index (χ2v) is 8.41. The van der Waals surface area contributed by atoms with Crippen LogP contribution in [0.2, 0.25) is 0 Å². The number of carbonyl (C=O) groups excluding carboxylic acids is 4. The molecule has 33 heavy (non-hydrogen) atoms. The third-order valence-electron chi connectivity index (χ3n) is 4.63. The van der Waals surface area contributed by atoms with Crippen LogP contribution in [0.4, 0.5) is 5.00 Å². The largest absolute Gasteiger partial charge is 0.462 e. The SMILES string of the molecule is CCOC(=O)c1cc(-c2ccccc2)sc1NC(=O)C(C)OC(=O)CCCCCNC(C)=O. The highest BCUT2D eigenvalue weighted by molar-refractivity contribution is 7.20. The maximum Gasteiger partial charge on any atom is 0.341 e. The normalized spacial score (nSPS) is 11.4. The minimum absolute atomic E-state index is 0.0815. The molecule has 2 N–H and O–H groups in total. The average Bonchev–Trinajstić information content (AvgIpc) is 3.20. The van der Waals surface area contributed by atoms with Crippen molar-refractivity contribution in [3.8, 4) is 10.4 Å². The fourth-order valence-corrected chi connectivity index (χ4v) is 4.00. The van der Waals surface area contributed by atoms with Crippen molar-refractivity contribution in [2.75, 3.05) is 18.5 Å². The number of unbranched alkanes of at least 4 members (excludes halogenated alkanes) is 2. The van der Waals surface area contributed by atoms with Gasteiger partial charge in [0.15, 0.2) is 6.10 Å². The van der Waals surface area contributed by atoms with Crippen molar-refractivity contribution < 1.29 is 28.7 Å². The number of esters is 2. The van der Waals surface area contributed by atoms with Crippen LogP contribution < -0.4 is 10.6 Å². The number of amides is 2. The Labute approximate surface area is 197 Å². The number of anilines is 1. The van der Waals surface area contributed by atoms with Crippen molar-refractivity contribution in [1.29, 1.82) is 0 Å². The summed E-state index contributed by atoms with van der Waals surface area (Å²) in [6.07, 6.45) is 1.29. The van der Waals surface area contributed by atoms with E-state index in [2.05, 4.69) is 10.6 Å². The summed E-state index contributed by atoms with van der Waals surface area (Å²) in [5.41, 5.74) is 1.17. The van der Waals surface area contributed by atoms with E-state index in [1.807, 2.05) is 30.3 Å². The molecular formula is C24H30N2O6S. The van der Waals surface area contributed by atoms with E-state index >= 15 is 0 Å². The van der Waals surface area contributed by atoms with Crippen LogP contribution in [0.15, 0.2) is 36.4 Å². The Bertz CT molecular complexity index is 957. The monoisotopic (exact) mass is 474 g/mol. The van der Waals surface area contributed by atoms with Gasteiger partial charge in [-0.05, 0) is 38.3 Å². The van der Waals surface area contributed by atoms with Gasteiger partial charge < -0.3 is 20.1 Å². The van der Waals surface area contributed by atoms with Crippen molar-refractivity contribution >= 4 is 40.1 Å². The minimum Gasteiger partial charge on any atom is -0.462 e. The van der Waals surface area contributed by atoms with Crippen LogP contribution in [-0.2, 0) is 23.9 Å². The summed E-state index contributed by atoms with van der Waals surface area (Å²) in [5.74, 6) is -1.61. The summed E-state index contributed by atoms with van der Waals surface area (Å²) in [5, 5.41) is 5.74. The quantitative estimate of drug-likeness (QED) is 0.353.